The van der Waals surface area contributed by atoms with Crippen LogP contribution in [0.4, 0.5) is 0 Å². The zero-order valence-electron chi connectivity index (χ0n) is 18.1. The number of rotatable bonds is 10. The molecule has 32 heavy (non-hydrogen) atoms. The normalized spacial score (nSPS) is 15.1. The lowest BCUT2D eigenvalue weighted by molar-refractivity contribution is 0.0937. The van der Waals surface area contributed by atoms with Crippen molar-refractivity contribution in [2.24, 2.45) is 0 Å². The summed E-state index contributed by atoms with van der Waals surface area (Å²) in [6.45, 7) is 2.46. The van der Waals surface area contributed by atoms with Crippen molar-refractivity contribution in [3.05, 3.63) is 59.7 Å². The molecule has 0 aromatic heterocycles. The first-order valence-corrected chi connectivity index (χ1v) is 12.1. The zero-order chi connectivity index (χ0) is 23.0. The Labute approximate surface area is 189 Å². The predicted molar refractivity (Wildman–Crippen MR) is 121 cm³/mol. The van der Waals surface area contributed by atoms with Crippen LogP contribution in [0.15, 0.2) is 53.4 Å². The Morgan fingerprint density at radius 2 is 1.78 bits per heavy atom. The summed E-state index contributed by atoms with van der Waals surface area (Å²) in [7, 11) is -2.07. The van der Waals surface area contributed by atoms with Crippen LogP contribution in [0.25, 0.3) is 0 Å². The van der Waals surface area contributed by atoms with Crippen molar-refractivity contribution in [3.8, 4) is 11.8 Å². The van der Waals surface area contributed by atoms with E-state index in [4.69, 9.17) is 10.00 Å². The highest BCUT2D eigenvalue weighted by Gasteiger charge is 2.24. The molecular weight excluding hydrogens is 428 g/mol. The molecule has 170 valence electrons. The van der Waals surface area contributed by atoms with Gasteiger partial charge in [0.1, 0.15) is 5.75 Å². The minimum absolute atomic E-state index is 0.0460. The van der Waals surface area contributed by atoms with Gasteiger partial charge in [-0.3, -0.25) is 9.69 Å². The molecule has 0 spiro atoms. The third kappa shape index (κ3) is 6.07. The lowest BCUT2D eigenvalue weighted by Gasteiger charge is -2.28. The highest BCUT2D eigenvalue weighted by atomic mass is 32.2. The van der Waals surface area contributed by atoms with E-state index in [9.17, 15) is 13.2 Å². The van der Waals surface area contributed by atoms with Gasteiger partial charge in [0.25, 0.3) is 5.91 Å². The summed E-state index contributed by atoms with van der Waals surface area (Å²) in [5, 5.41) is 11.5. The summed E-state index contributed by atoms with van der Waals surface area (Å²) in [5.74, 6) is 0.527. The number of nitrogens with one attached hydrogen (secondary N) is 2. The minimum Gasteiger partial charge on any atom is -0.497 e. The molecule has 1 aliphatic rings. The van der Waals surface area contributed by atoms with Crippen molar-refractivity contribution < 1.29 is 17.9 Å². The lowest BCUT2D eigenvalue weighted by Crippen LogP contribution is -2.36. The number of hydrogen-bond donors (Lipinski definition) is 2. The second-order valence-electron chi connectivity index (χ2n) is 7.57. The molecule has 3 rings (SSSR count). The van der Waals surface area contributed by atoms with E-state index in [0.717, 1.165) is 37.2 Å². The Bertz CT molecular complexity index is 1040. The Hall–Kier alpha value is -2.93. The first-order chi connectivity index (χ1) is 15.4. The smallest absolute Gasteiger partial charge is 0.251 e. The molecule has 1 atom stereocenters. The van der Waals surface area contributed by atoms with Crippen molar-refractivity contribution in [3.63, 3.8) is 0 Å². The second-order valence-corrected chi connectivity index (χ2v) is 9.34. The van der Waals surface area contributed by atoms with E-state index in [2.05, 4.69) is 14.9 Å². The topological polar surface area (TPSA) is 112 Å². The summed E-state index contributed by atoms with van der Waals surface area (Å²) in [6, 6.07) is 15.6. The molecule has 1 aliphatic heterocycles. The maximum atomic E-state index is 12.7. The molecule has 0 bridgehead atoms. The fraction of sp³-hybridized carbons (Fsp3) is 0.391. The maximum absolute atomic E-state index is 12.7. The third-order valence-corrected chi connectivity index (χ3v) is 6.97. The fourth-order valence-electron chi connectivity index (χ4n) is 3.74. The summed E-state index contributed by atoms with van der Waals surface area (Å²) in [6.07, 6.45) is 2.37. The molecule has 1 fully saturated rings. The highest BCUT2D eigenvalue weighted by Crippen LogP contribution is 2.26. The SMILES string of the molecule is COc1ccc([C@H](CNC(=O)c2ccc(S(=O)(=O)NCCC#N)cc2)N2CCCC2)cc1. The van der Waals surface area contributed by atoms with Gasteiger partial charge in [0.15, 0.2) is 0 Å². The van der Waals surface area contributed by atoms with Crippen LogP contribution >= 0.6 is 0 Å². The number of hydrogen-bond acceptors (Lipinski definition) is 6. The standard InChI is InChI=1S/C23H28N4O4S/c1-31-20-9-5-18(6-10-20)22(27-15-2-3-16-27)17-25-23(28)19-7-11-21(12-8-19)32(29,30)26-14-4-13-24/h5-12,22,26H,2-4,14-17H2,1H3,(H,25,28)/t22-/m0/s1. The van der Waals surface area contributed by atoms with Gasteiger partial charge < -0.3 is 10.1 Å². The molecule has 1 saturated heterocycles. The van der Waals surface area contributed by atoms with Crippen LogP contribution in [0.2, 0.25) is 0 Å². The number of sulfonamides is 1. The van der Waals surface area contributed by atoms with E-state index >= 15 is 0 Å². The van der Waals surface area contributed by atoms with Gasteiger partial charge in [0.05, 0.1) is 24.1 Å². The van der Waals surface area contributed by atoms with E-state index in [1.165, 1.54) is 24.3 Å². The van der Waals surface area contributed by atoms with Crippen molar-refractivity contribution in [1.82, 2.24) is 14.9 Å². The molecule has 0 saturated carbocycles. The van der Waals surface area contributed by atoms with Crippen LogP contribution in [0.3, 0.4) is 0 Å². The molecule has 1 amide bonds. The van der Waals surface area contributed by atoms with Crippen molar-refractivity contribution in [2.45, 2.75) is 30.2 Å². The van der Waals surface area contributed by atoms with Crippen LogP contribution in [-0.2, 0) is 10.0 Å². The van der Waals surface area contributed by atoms with Crippen LogP contribution < -0.4 is 14.8 Å². The van der Waals surface area contributed by atoms with Gasteiger partial charge in [0.2, 0.25) is 10.0 Å². The average molecular weight is 457 g/mol. The second kappa shape index (κ2) is 11.1. The van der Waals surface area contributed by atoms with Crippen LogP contribution in [0.5, 0.6) is 5.75 Å². The average Bonchev–Trinajstić information content (AvgIpc) is 3.34. The number of ether oxygens (including phenoxy) is 1. The summed E-state index contributed by atoms with van der Waals surface area (Å²) < 4.78 is 32.0. The lowest BCUT2D eigenvalue weighted by atomic mass is 10.0. The number of nitrogens with zero attached hydrogens (tertiary/aromatic N) is 2. The number of carbonyl (C=O) groups excluding carboxylic acids is 1. The van der Waals surface area contributed by atoms with Crippen molar-refractivity contribution >= 4 is 15.9 Å². The first-order valence-electron chi connectivity index (χ1n) is 10.6. The molecule has 0 unspecified atom stereocenters. The molecule has 2 aromatic rings. The predicted octanol–water partition coefficient (Wildman–Crippen LogP) is 2.45. The molecule has 8 nitrogen and oxygen atoms in total. The molecular formula is C23H28N4O4S. The van der Waals surface area contributed by atoms with E-state index in [0.29, 0.717) is 12.1 Å². The van der Waals surface area contributed by atoms with Gasteiger partial charge in [-0.25, -0.2) is 13.1 Å². The largest absolute Gasteiger partial charge is 0.497 e. The van der Waals surface area contributed by atoms with Gasteiger partial charge in [-0.1, -0.05) is 12.1 Å². The summed E-state index contributed by atoms with van der Waals surface area (Å²) in [5.41, 5.74) is 1.49. The summed E-state index contributed by atoms with van der Waals surface area (Å²) in [4.78, 5) is 15.1. The first kappa shape index (κ1) is 23.7. The van der Waals surface area contributed by atoms with E-state index in [-0.39, 0.29) is 29.8 Å². The van der Waals surface area contributed by atoms with Gasteiger partial charge in [0, 0.05) is 25.1 Å². The van der Waals surface area contributed by atoms with E-state index in [1.54, 1.807) is 7.11 Å². The third-order valence-electron chi connectivity index (χ3n) is 5.49. The Kier molecular flexibility index (Phi) is 8.22. The minimum atomic E-state index is -3.70. The van der Waals surface area contributed by atoms with Crippen molar-refractivity contribution in [2.75, 3.05) is 33.3 Å². The quantitative estimate of drug-likeness (QED) is 0.531. The van der Waals surface area contributed by atoms with Gasteiger partial charge in [-0.15, -0.1) is 0 Å². The molecule has 0 aliphatic carbocycles. The van der Waals surface area contributed by atoms with E-state index in [1.807, 2.05) is 30.3 Å². The molecule has 9 heteroatoms. The number of methoxy groups -OCH3 is 1. The van der Waals surface area contributed by atoms with E-state index < -0.39 is 10.0 Å². The van der Waals surface area contributed by atoms with Crippen LogP contribution in [-0.4, -0.2) is 52.5 Å². The fourth-order valence-corrected chi connectivity index (χ4v) is 4.77. The number of amides is 1. The Balaban J connectivity index is 1.66. The van der Waals surface area contributed by atoms with Crippen LogP contribution in [0.1, 0.15) is 41.2 Å². The highest BCUT2D eigenvalue weighted by molar-refractivity contribution is 7.89. The number of nitriles is 1. The Morgan fingerprint density at radius 3 is 2.38 bits per heavy atom. The molecule has 1 heterocycles. The van der Waals surface area contributed by atoms with Crippen LogP contribution in [0, 0.1) is 11.3 Å². The number of likely N-dealkylation sites (tertiary alicyclic amines) is 1. The van der Waals surface area contributed by atoms with Gasteiger partial charge in [-0.2, -0.15) is 5.26 Å². The number of benzene rings is 2. The van der Waals surface area contributed by atoms with Crippen molar-refractivity contribution in [1.29, 1.82) is 5.26 Å². The number of carbonyl (C=O) groups is 1. The molecule has 2 aromatic carbocycles. The molecule has 2 N–H and O–H groups in total. The Morgan fingerprint density at radius 1 is 1.12 bits per heavy atom. The summed E-state index contributed by atoms with van der Waals surface area (Å²) >= 11 is 0. The monoisotopic (exact) mass is 456 g/mol. The molecule has 0 radical (unpaired) electrons. The van der Waals surface area contributed by atoms with Gasteiger partial charge in [-0.05, 0) is 67.9 Å². The van der Waals surface area contributed by atoms with Gasteiger partial charge >= 0.3 is 0 Å². The zero-order valence-corrected chi connectivity index (χ0v) is 18.9. The maximum Gasteiger partial charge on any atom is 0.251 e.